The maximum Gasteiger partial charge on any atom is 0.323 e. The lowest BCUT2D eigenvalue weighted by Gasteiger charge is -2.16. The number of hydrogen-bond acceptors (Lipinski definition) is 4. The molecule has 1 aliphatic heterocycles. The van der Waals surface area contributed by atoms with E-state index in [0.717, 1.165) is 36.5 Å². The lowest BCUT2D eigenvalue weighted by atomic mass is 10.1. The second kappa shape index (κ2) is 8.96. The van der Waals surface area contributed by atoms with E-state index >= 15 is 0 Å². The van der Waals surface area contributed by atoms with Crippen LogP contribution < -0.4 is 20.7 Å². The molecule has 1 saturated heterocycles. The summed E-state index contributed by atoms with van der Waals surface area (Å²) in [4.78, 5) is 12.3. The molecule has 1 aliphatic rings. The highest BCUT2D eigenvalue weighted by atomic mass is 19.1. The van der Waals surface area contributed by atoms with E-state index < -0.39 is 6.03 Å². The Morgan fingerprint density at radius 2 is 1.97 bits per heavy atom. The molecule has 0 aliphatic carbocycles. The molecule has 3 aromatic rings. The van der Waals surface area contributed by atoms with Crippen molar-refractivity contribution in [3.63, 3.8) is 0 Å². The number of hydrogen-bond donors (Lipinski definition) is 3. The molecule has 0 radical (unpaired) electrons. The lowest BCUT2D eigenvalue weighted by molar-refractivity contribution is 0.260. The highest BCUT2D eigenvalue weighted by Crippen LogP contribution is 2.33. The fourth-order valence-electron chi connectivity index (χ4n) is 3.46. The van der Waals surface area contributed by atoms with Gasteiger partial charge < -0.3 is 20.7 Å². The third kappa shape index (κ3) is 4.77. The molecule has 0 spiro atoms. The van der Waals surface area contributed by atoms with E-state index in [-0.39, 0.29) is 5.82 Å². The molecule has 1 atom stereocenters. The summed E-state index contributed by atoms with van der Waals surface area (Å²) in [5.74, 6) is 0.879. The number of nitrogens with one attached hydrogen (secondary N) is 3. The van der Waals surface area contributed by atoms with Crippen molar-refractivity contribution in [2.24, 2.45) is 13.0 Å². The first kappa shape index (κ1) is 19.9. The van der Waals surface area contributed by atoms with Crippen molar-refractivity contribution in [2.75, 3.05) is 30.3 Å². The van der Waals surface area contributed by atoms with E-state index in [2.05, 4.69) is 21.0 Å². The van der Waals surface area contributed by atoms with Gasteiger partial charge in [0.05, 0.1) is 12.3 Å². The average molecular weight is 409 g/mol. The molecule has 8 heteroatoms. The Morgan fingerprint density at radius 1 is 1.20 bits per heavy atom. The number of rotatable bonds is 6. The topological polar surface area (TPSA) is 80.2 Å². The SMILES string of the molecule is Cn1nccc1-c1cc(NC(=O)Nc2ccc(F)cc2)ccc1OC[C@H]1CCNC1. The van der Waals surface area contributed by atoms with Crippen molar-refractivity contribution in [1.29, 1.82) is 0 Å². The molecule has 1 aromatic heterocycles. The molecule has 2 amide bonds. The van der Waals surface area contributed by atoms with Gasteiger partial charge in [-0.2, -0.15) is 5.10 Å². The minimum Gasteiger partial charge on any atom is -0.493 e. The lowest BCUT2D eigenvalue weighted by Crippen LogP contribution is -2.19. The van der Waals surface area contributed by atoms with Crippen molar-refractivity contribution in [2.45, 2.75) is 6.42 Å². The minimum atomic E-state index is -0.414. The molecule has 30 heavy (non-hydrogen) atoms. The van der Waals surface area contributed by atoms with Crippen LogP contribution in [0.3, 0.4) is 0 Å². The van der Waals surface area contributed by atoms with Crippen molar-refractivity contribution in [1.82, 2.24) is 15.1 Å². The molecule has 3 N–H and O–H groups in total. The minimum absolute atomic E-state index is 0.356. The first-order valence-corrected chi connectivity index (χ1v) is 9.88. The number of urea groups is 1. The zero-order chi connectivity index (χ0) is 20.9. The Bertz CT molecular complexity index is 1010. The predicted molar refractivity (Wildman–Crippen MR) is 114 cm³/mol. The largest absolute Gasteiger partial charge is 0.493 e. The fourth-order valence-corrected chi connectivity index (χ4v) is 3.46. The van der Waals surface area contributed by atoms with Crippen molar-refractivity contribution in [3.05, 3.63) is 60.5 Å². The number of halogens is 1. The van der Waals surface area contributed by atoms with E-state index in [1.54, 1.807) is 16.9 Å². The standard InChI is InChI=1S/C22H24FN5O2/c1-28-20(9-11-25-28)19-12-18(6-7-21(19)30-14-15-8-10-24-13-15)27-22(29)26-17-4-2-16(23)3-5-17/h2-7,9,11-12,15,24H,8,10,13-14H2,1H3,(H2,26,27,29)/t15-/m0/s1. The van der Waals surface area contributed by atoms with Crippen LogP contribution in [0.4, 0.5) is 20.6 Å². The van der Waals surface area contributed by atoms with E-state index in [1.807, 2.05) is 25.2 Å². The second-order valence-corrected chi connectivity index (χ2v) is 7.31. The summed E-state index contributed by atoms with van der Waals surface area (Å²) in [5, 5.41) is 13.1. The molecule has 0 unspecified atom stereocenters. The van der Waals surface area contributed by atoms with Crippen LogP contribution in [0.5, 0.6) is 5.75 Å². The molecule has 156 valence electrons. The van der Waals surface area contributed by atoms with Gasteiger partial charge in [0, 0.05) is 42.6 Å². The van der Waals surface area contributed by atoms with Gasteiger partial charge in [-0.1, -0.05) is 0 Å². The van der Waals surface area contributed by atoms with Crippen molar-refractivity contribution < 1.29 is 13.9 Å². The van der Waals surface area contributed by atoms with Gasteiger partial charge in [0.1, 0.15) is 11.6 Å². The van der Waals surface area contributed by atoms with Crippen LogP contribution in [0, 0.1) is 11.7 Å². The van der Waals surface area contributed by atoms with E-state index in [9.17, 15) is 9.18 Å². The van der Waals surface area contributed by atoms with Crippen LogP contribution in [0.2, 0.25) is 0 Å². The highest BCUT2D eigenvalue weighted by Gasteiger charge is 2.17. The quantitative estimate of drug-likeness (QED) is 0.578. The molecule has 2 heterocycles. The molecule has 7 nitrogen and oxygen atoms in total. The van der Waals surface area contributed by atoms with Crippen LogP contribution in [0.15, 0.2) is 54.7 Å². The van der Waals surface area contributed by atoms with E-state index in [0.29, 0.717) is 23.9 Å². The highest BCUT2D eigenvalue weighted by molar-refractivity contribution is 6.00. The van der Waals surface area contributed by atoms with Gasteiger partial charge in [-0.25, -0.2) is 9.18 Å². The zero-order valence-corrected chi connectivity index (χ0v) is 16.7. The van der Waals surface area contributed by atoms with Crippen LogP contribution in [-0.2, 0) is 7.05 Å². The molecule has 2 aromatic carbocycles. The molecule has 1 fully saturated rings. The third-order valence-electron chi connectivity index (χ3n) is 5.07. The molecular formula is C22H24FN5O2. The van der Waals surface area contributed by atoms with Gasteiger partial charge in [-0.05, 0) is 61.5 Å². The number of carbonyl (C=O) groups is 1. The summed E-state index contributed by atoms with van der Waals surface area (Å²) in [7, 11) is 1.86. The smallest absolute Gasteiger partial charge is 0.323 e. The number of benzene rings is 2. The van der Waals surface area contributed by atoms with Crippen LogP contribution in [-0.4, -0.2) is 35.5 Å². The molecular weight excluding hydrogens is 385 g/mol. The van der Waals surface area contributed by atoms with Gasteiger partial charge in [0.2, 0.25) is 0 Å². The summed E-state index contributed by atoms with van der Waals surface area (Å²) in [6.45, 7) is 2.62. The van der Waals surface area contributed by atoms with Crippen LogP contribution in [0.25, 0.3) is 11.3 Å². The Labute approximate surface area is 174 Å². The summed E-state index contributed by atoms with van der Waals surface area (Å²) in [6.07, 6.45) is 2.82. The monoisotopic (exact) mass is 409 g/mol. The summed E-state index contributed by atoms with van der Waals surface area (Å²) < 4.78 is 20.9. The van der Waals surface area contributed by atoms with E-state index in [1.165, 1.54) is 24.3 Å². The van der Waals surface area contributed by atoms with Gasteiger partial charge in [-0.3, -0.25) is 4.68 Å². The summed E-state index contributed by atoms with van der Waals surface area (Å²) in [5.41, 5.74) is 2.85. The maximum atomic E-state index is 13.0. The summed E-state index contributed by atoms with van der Waals surface area (Å²) in [6, 6.07) is 12.6. The number of ether oxygens (including phenoxy) is 1. The Hall–Kier alpha value is -3.39. The molecule has 4 rings (SSSR count). The van der Waals surface area contributed by atoms with E-state index in [4.69, 9.17) is 4.74 Å². The van der Waals surface area contributed by atoms with Crippen molar-refractivity contribution in [3.8, 4) is 17.0 Å². The van der Waals surface area contributed by atoms with Gasteiger partial charge in [0.25, 0.3) is 0 Å². The number of nitrogens with zero attached hydrogens (tertiary/aromatic N) is 2. The van der Waals surface area contributed by atoms with Crippen LogP contribution in [0.1, 0.15) is 6.42 Å². The van der Waals surface area contributed by atoms with Gasteiger partial charge in [0.15, 0.2) is 0 Å². The van der Waals surface area contributed by atoms with Crippen molar-refractivity contribution >= 4 is 17.4 Å². The van der Waals surface area contributed by atoms with Gasteiger partial charge >= 0.3 is 6.03 Å². The number of amides is 2. The first-order chi connectivity index (χ1) is 14.6. The Balaban J connectivity index is 1.51. The molecule has 0 bridgehead atoms. The number of aryl methyl sites for hydroxylation is 1. The average Bonchev–Trinajstić information content (AvgIpc) is 3.40. The Morgan fingerprint density at radius 3 is 2.67 bits per heavy atom. The predicted octanol–water partition coefficient (Wildman–Crippen LogP) is 3.86. The molecule has 0 saturated carbocycles. The number of anilines is 2. The summed E-state index contributed by atoms with van der Waals surface area (Å²) >= 11 is 0. The number of carbonyl (C=O) groups excluding carboxylic acids is 1. The first-order valence-electron chi connectivity index (χ1n) is 9.88. The maximum absolute atomic E-state index is 13.0. The zero-order valence-electron chi connectivity index (χ0n) is 16.7. The Kier molecular flexibility index (Phi) is 5.94. The fraction of sp³-hybridized carbons (Fsp3) is 0.273. The van der Waals surface area contributed by atoms with Crippen LogP contribution >= 0.6 is 0 Å². The van der Waals surface area contributed by atoms with Gasteiger partial charge in [-0.15, -0.1) is 0 Å². The second-order valence-electron chi connectivity index (χ2n) is 7.31. The normalized spacial score (nSPS) is 15.7. The third-order valence-corrected chi connectivity index (χ3v) is 5.07. The number of aromatic nitrogens is 2.